The Morgan fingerprint density at radius 1 is 1.52 bits per heavy atom. The Balaban J connectivity index is 2.03. The molecule has 0 bridgehead atoms. The number of hydrogen-bond donors (Lipinski definition) is 1. The van der Waals surface area contributed by atoms with Crippen molar-refractivity contribution in [1.82, 2.24) is 5.27 Å². The standard InChI is InChI=1S/C14H17N3O3S/c1-4-10-7-5-6-9(2)12(10)15-11(18)8-21-13-14(19)20-16-17(13)3/h5-7H,4,8H2,1-3H3,(H-,15,16,18,19). The van der Waals surface area contributed by atoms with Crippen molar-refractivity contribution in [2.75, 3.05) is 11.1 Å². The van der Waals surface area contributed by atoms with Crippen LogP contribution in [0.5, 0.6) is 5.95 Å². The van der Waals surface area contributed by atoms with Gasteiger partial charge in [-0.15, -0.1) is 0 Å². The number of rotatable bonds is 5. The van der Waals surface area contributed by atoms with Gasteiger partial charge in [0.05, 0.1) is 11.0 Å². The third-order valence-electron chi connectivity index (χ3n) is 3.06. The van der Waals surface area contributed by atoms with Crippen molar-refractivity contribution in [2.24, 2.45) is 7.05 Å². The van der Waals surface area contributed by atoms with Crippen LogP contribution in [0.1, 0.15) is 18.1 Å². The summed E-state index contributed by atoms with van der Waals surface area (Å²) in [5.41, 5.74) is 2.96. The molecule has 21 heavy (non-hydrogen) atoms. The van der Waals surface area contributed by atoms with Crippen molar-refractivity contribution >= 4 is 23.4 Å². The number of amides is 1. The second kappa shape index (κ2) is 6.62. The van der Waals surface area contributed by atoms with Crippen molar-refractivity contribution in [3.8, 4) is 5.95 Å². The van der Waals surface area contributed by atoms with E-state index in [1.165, 1.54) is 4.68 Å². The minimum atomic E-state index is -0.527. The maximum absolute atomic E-state index is 12.1. The van der Waals surface area contributed by atoms with Crippen LogP contribution in [0.15, 0.2) is 27.7 Å². The molecule has 2 aromatic rings. The fourth-order valence-electron chi connectivity index (χ4n) is 1.97. The molecule has 1 heterocycles. The highest BCUT2D eigenvalue weighted by Gasteiger charge is 2.16. The van der Waals surface area contributed by atoms with E-state index >= 15 is 0 Å². The van der Waals surface area contributed by atoms with E-state index in [-0.39, 0.29) is 11.7 Å². The molecule has 6 nitrogen and oxygen atoms in total. The minimum absolute atomic E-state index is 0.127. The first kappa shape index (κ1) is 15.4. The molecule has 1 aromatic carbocycles. The predicted octanol–water partition coefficient (Wildman–Crippen LogP) is 1.17. The zero-order chi connectivity index (χ0) is 15.4. The second-order valence-corrected chi connectivity index (χ2v) is 5.55. The average molecular weight is 307 g/mol. The van der Waals surface area contributed by atoms with Crippen LogP contribution in [0.4, 0.5) is 5.69 Å². The van der Waals surface area contributed by atoms with Crippen LogP contribution < -0.4 is 15.1 Å². The van der Waals surface area contributed by atoms with Gasteiger partial charge in [0.25, 0.3) is 5.03 Å². The molecule has 0 aliphatic carbocycles. The van der Waals surface area contributed by atoms with Gasteiger partial charge >= 0.3 is 0 Å². The Morgan fingerprint density at radius 3 is 2.90 bits per heavy atom. The van der Waals surface area contributed by atoms with Crippen LogP contribution >= 0.6 is 11.8 Å². The van der Waals surface area contributed by atoms with E-state index in [9.17, 15) is 9.90 Å². The zero-order valence-electron chi connectivity index (χ0n) is 12.2. The third kappa shape index (κ3) is 3.55. The highest BCUT2D eigenvalue weighted by atomic mass is 32.2. The van der Waals surface area contributed by atoms with Crippen molar-refractivity contribution in [3.63, 3.8) is 0 Å². The summed E-state index contributed by atoms with van der Waals surface area (Å²) in [7, 11) is 1.60. The number of carbonyl (C=O) groups excluding carboxylic acids is 1. The van der Waals surface area contributed by atoms with Crippen LogP contribution in [0, 0.1) is 6.92 Å². The highest BCUT2D eigenvalue weighted by molar-refractivity contribution is 7.99. The van der Waals surface area contributed by atoms with Crippen LogP contribution in [-0.4, -0.2) is 16.9 Å². The normalized spacial score (nSPS) is 10.6. The van der Waals surface area contributed by atoms with E-state index < -0.39 is 5.95 Å². The number of thioether (sulfide) groups is 1. The Labute approximate surface area is 127 Å². The SMILES string of the molecule is CCc1cccc(C)c1NC(=O)CSc1c([O-])on[n+]1C. The molecule has 7 heteroatoms. The minimum Gasteiger partial charge on any atom is -0.538 e. The van der Waals surface area contributed by atoms with Crippen LogP contribution in [-0.2, 0) is 18.3 Å². The van der Waals surface area contributed by atoms with Crippen molar-refractivity contribution in [3.05, 3.63) is 29.3 Å². The molecule has 1 N–H and O–H groups in total. The van der Waals surface area contributed by atoms with Crippen molar-refractivity contribution < 1.29 is 19.1 Å². The molecular weight excluding hydrogens is 290 g/mol. The van der Waals surface area contributed by atoms with Crippen LogP contribution in [0.2, 0.25) is 0 Å². The monoisotopic (exact) mass is 307 g/mol. The first-order valence-corrected chi connectivity index (χ1v) is 7.55. The first-order valence-electron chi connectivity index (χ1n) is 6.57. The molecule has 0 radical (unpaired) electrons. The summed E-state index contributed by atoms with van der Waals surface area (Å²) in [6.45, 7) is 4.00. The number of para-hydroxylation sites is 1. The van der Waals surface area contributed by atoms with Gasteiger partial charge in [0.15, 0.2) is 13.0 Å². The van der Waals surface area contributed by atoms with Gasteiger partial charge in [0.1, 0.15) is 0 Å². The molecule has 0 spiro atoms. The highest BCUT2D eigenvalue weighted by Crippen LogP contribution is 2.24. The number of benzene rings is 1. The summed E-state index contributed by atoms with van der Waals surface area (Å²) in [5, 5.41) is 18.1. The van der Waals surface area contributed by atoms with Gasteiger partial charge in [-0.05, 0) is 36.2 Å². The quantitative estimate of drug-likeness (QED) is 0.662. The van der Waals surface area contributed by atoms with Crippen molar-refractivity contribution in [1.29, 1.82) is 0 Å². The van der Waals surface area contributed by atoms with Gasteiger partial charge in [0, 0.05) is 5.69 Å². The maximum Gasteiger partial charge on any atom is 0.291 e. The molecule has 0 saturated carbocycles. The zero-order valence-corrected chi connectivity index (χ0v) is 13.0. The summed E-state index contributed by atoms with van der Waals surface area (Å²) < 4.78 is 5.83. The number of aryl methyl sites for hydroxylation is 3. The van der Waals surface area contributed by atoms with E-state index in [4.69, 9.17) is 0 Å². The van der Waals surface area contributed by atoms with Gasteiger partial charge in [-0.1, -0.05) is 29.8 Å². The van der Waals surface area contributed by atoms with Gasteiger partial charge in [-0.25, -0.2) is 0 Å². The number of hydrogen-bond acceptors (Lipinski definition) is 5. The maximum atomic E-state index is 12.1. The summed E-state index contributed by atoms with van der Waals surface area (Å²) >= 11 is 1.11. The number of nitrogens with zero attached hydrogens (tertiary/aromatic N) is 2. The fourth-order valence-corrected chi connectivity index (χ4v) is 2.69. The third-order valence-corrected chi connectivity index (χ3v) is 4.17. The van der Waals surface area contributed by atoms with E-state index in [1.54, 1.807) is 7.05 Å². The number of carbonyl (C=O) groups is 1. The summed E-state index contributed by atoms with van der Waals surface area (Å²) in [4.78, 5) is 12.1. The molecule has 0 saturated heterocycles. The lowest BCUT2D eigenvalue weighted by Gasteiger charge is -2.12. The second-order valence-electron chi connectivity index (χ2n) is 4.59. The molecule has 0 aliphatic heterocycles. The number of nitrogens with one attached hydrogen (secondary N) is 1. The van der Waals surface area contributed by atoms with E-state index in [0.717, 1.165) is 35.0 Å². The lowest BCUT2D eigenvalue weighted by atomic mass is 10.1. The van der Waals surface area contributed by atoms with Gasteiger partial charge in [0.2, 0.25) is 5.91 Å². The molecule has 1 amide bonds. The number of anilines is 1. The van der Waals surface area contributed by atoms with E-state index in [2.05, 4.69) is 15.1 Å². The fraction of sp³-hybridized carbons (Fsp3) is 0.357. The smallest absolute Gasteiger partial charge is 0.291 e. The van der Waals surface area contributed by atoms with Crippen LogP contribution in [0.3, 0.4) is 0 Å². The molecule has 112 valence electrons. The van der Waals surface area contributed by atoms with E-state index in [0.29, 0.717) is 5.03 Å². The summed E-state index contributed by atoms with van der Waals surface area (Å²) in [5.74, 6) is -0.563. The van der Waals surface area contributed by atoms with Crippen molar-refractivity contribution in [2.45, 2.75) is 25.3 Å². The Kier molecular flexibility index (Phi) is 4.85. The Hall–Kier alpha value is -2.02. The van der Waals surface area contributed by atoms with Gasteiger partial charge < -0.3 is 14.9 Å². The molecule has 2 rings (SSSR count). The van der Waals surface area contributed by atoms with Gasteiger partial charge in [-0.3, -0.25) is 4.79 Å². The Bertz CT molecular complexity index is 635. The molecule has 0 atom stereocenters. The average Bonchev–Trinajstić information content (AvgIpc) is 2.78. The molecule has 0 unspecified atom stereocenters. The predicted molar refractivity (Wildman–Crippen MR) is 77.0 cm³/mol. The van der Waals surface area contributed by atoms with Gasteiger partial charge in [-0.2, -0.15) is 0 Å². The lowest BCUT2D eigenvalue weighted by molar-refractivity contribution is -0.772. The molecule has 0 fully saturated rings. The van der Waals surface area contributed by atoms with Crippen LogP contribution in [0.25, 0.3) is 0 Å². The largest absolute Gasteiger partial charge is 0.538 e. The molecule has 1 aromatic heterocycles. The lowest BCUT2D eigenvalue weighted by Crippen LogP contribution is -2.32. The van der Waals surface area contributed by atoms with E-state index in [1.807, 2.05) is 32.0 Å². The summed E-state index contributed by atoms with van der Waals surface area (Å²) in [6, 6.07) is 5.92. The molecular formula is C14H17N3O3S. The first-order chi connectivity index (χ1) is 10.0. The summed E-state index contributed by atoms with van der Waals surface area (Å²) in [6.07, 6.45) is 0.843. The number of aromatic nitrogens is 2. The topological polar surface area (TPSA) is 82.1 Å². The molecule has 0 aliphatic rings. The Morgan fingerprint density at radius 2 is 2.29 bits per heavy atom.